The molecule has 0 unspecified atom stereocenters. The summed E-state index contributed by atoms with van der Waals surface area (Å²) in [6.45, 7) is 4.84. The molecular formula is C21H25N3O2. The Bertz CT molecular complexity index is 778. The number of nitrogens with zero attached hydrogens (tertiary/aromatic N) is 1. The number of likely N-dealkylation sites (tertiary alicyclic amines) is 1. The van der Waals surface area contributed by atoms with Gasteiger partial charge in [0.2, 0.25) is 11.8 Å². The third kappa shape index (κ3) is 4.70. The average Bonchev–Trinajstić information content (AvgIpc) is 2.64. The molecule has 0 radical (unpaired) electrons. The van der Waals surface area contributed by atoms with E-state index in [0.29, 0.717) is 11.3 Å². The number of anilines is 1. The molecule has 0 aliphatic carbocycles. The van der Waals surface area contributed by atoms with Crippen molar-refractivity contribution in [1.29, 1.82) is 0 Å². The van der Waals surface area contributed by atoms with Gasteiger partial charge in [0.15, 0.2) is 0 Å². The first-order valence-electron chi connectivity index (χ1n) is 9.00. The number of primary amides is 1. The molecule has 0 spiro atoms. The topological polar surface area (TPSA) is 75.4 Å². The highest BCUT2D eigenvalue weighted by molar-refractivity contribution is 5.96. The largest absolute Gasteiger partial charge is 0.366 e. The minimum Gasteiger partial charge on any atom is -0.366 e. The number of hydrogen-bond acceptors (Lipinski definition) is 3. The average molecular weight is 351 g/mol. The smallest absolute Gasteiger partial charge is 0.248 e. The highest BCUT2D eigenvalue weighted by Crippen LogP contribution is 2.21. The maximum absolute atomic E-state index is 12.5. The Morgan fingerprint density at radius 3 is 2.46 bits per heavy atom. The van der Waals surface area contributed by atoms with Crippen LogP contribution in [-0.2, 0) is 11.3 Å². The van der Waals surface area contributed by atoms with Gasteiger partial charge < -0.3 is 11.1 Å². The van der Waals surface area contributed by atoms with Crippen molar-refractivity contribution in [3.8, 4) is 0 Å². The maximum Gasteiger partial charge on any atom is 0.248 e. The van der Waals surface area contributed by atoms with Crippen LogP contribution in [0.1, 0.15) is 34.3 Å². The molecule has 2 aromatic carbocycles. The highest BCUT2D eigenvalue weighted by atomic mass is 16.2. The minimum atomic E-state index is -0.495. The van der Waals surface area contributed by atoms with Gasteiger partial charge in [0, 0.05) is 23.7 Å². The van der Waals surface area contributed by atoms with E-state index in [1.54, 1.807) is 24.3 Å². The van der Waals surface area contributed by atoms with E-state index < -0.39 is 5.91 Å². The van der Waals surface area contributed by atoms with E-state index in [2.05, 4.69) is 41.4 Å². The van der Waals surface area contributed by atoms with Gasteiger partial charge in [-0.2, -0.15) is 0 Å². The molecular weight excluding hydrogens is 326 g/mol. The van der Waals surface area contributed by atoms with E-state index in [0.717, 1.165) is 32.5 Å². The van der Waals surface area contributed by atoms with Crippen LogP contribution in [0.3, 0.4) is 0 Å². The Hall–Kier alpha value is -2.66. The van der Waals surface area contributed by atoms with Crippen molar-refractivity contribution < 1.29 is 9.59 Å². The lowest BCUT2D eigenvalue weighted by Gasteiger charge is -2.31. The van der Waals surface area contributed by atoms with Crippen LogP contribution in [0.2, 0.25) is 0 Å². The third-order valence-corrected chi connectivity index (χ3v) is 4.90. The molecule has 26 heavy (non-hydrogen) atoms. The van der Waals surface area contributed by atoms with Gasteiger partial charge in [0.05, 0.1) is 0 Å². The van der Waals surface area contributed by atoms with E-state index in [9.17, 15) is 9.59 Å². The summed E-state index contributed by atoms with van der Waals surface area (Å²) in [5.74, 6) is -0.478. The van der Waals surface area contributed by atoms with Gasteiger partial charge in [0.1, 0.15) is 0 Å². The predicted molar refractivity (Wildman–Crippen MR) is 103 cm³/mol. The van der Waals surface area contributed by atoms with Gasteiger partial charge in [-0.3, -0.25) is 14.5 Å². The Labute approximate surface area is 154 Å². The van der Waals surface area contributed by atoms with Crippen molar-refractivity contribution in [3.63, 3.8) is 0 Å². The number of piperidine rings is 1. The fourth-order valence-electron chi connectivity index (χ4n) is 3.30. The zero-order valence-electron chi connectivity index (χ0n) is 15.1. The molecule has 1 saturated heterocycles. The van der Waals surface area contributed by atoms with Crippen LogP contribution in [-0.4, -0.2) is 29.8 Å². The number of nitrogens with one attached hydrogen (secondary N) is 1. The normalized spacial score (nSPS) is 15.6. The molecule has 0 saturated carbocycles. The molecule has 3 N–H and O–H groups in total. The second-order valence-electron chi connectivity index (χ2n) is 6.97. The fraction of sp³-hybridized carbons (Fsp3) is 0.333. The van der Waals surface area contributed by atoms with E-state index in [1.165, 1.54) is 11.1 Å². The maximum atomic E-state index is 12.5. The van der Waals surface area contributed by atoms with Crippen molar-refractivity contribution >= 4 is 17.5 Å². The van der Waals surface area contributed by atoms with Crippen LogP contribution in [0, 0.1) is 12.8 Å². The van der Waals surface area contributed by atoms with E-state index in [-0.39, 0.29) is 11.8 Å². The fourth-order valence-corrected chi connectivity index (χ4v) is 3.30. The first kappa shape index (κ1) is 18.1. The summed E-state index contributed by atoms with van der Waals surface area (Å²) < 4.78 is 0. The number of carbonyl (C=O) groups is 2. The van der Waals surface area contributed by atoms with Crippen molar-refractivity contribution in [3.05, 3.63) is 65.2 Å². The Morgan fingerprint density at radius 1 is 1.12 bits per heavy atom. The molecule has 2 aromatic rings. The van der Waals surface area contributed by atoms with E-state index in [4.69, 9.17) is 5.73 Å². The van der Waals surface area contributed by atoms with Crippen LogP contribution in [0.15, 0.2) is 48.5 Å². The van der Waals surface area contributed by atoms with Gasteiger partial charge >= 0.3 is 0 Å². The van der Waals surface area contributed by atoms with Crippen molar-refractivity contribution in [2.75, 3.05) is 18.4 Å². The SMILES string of the molecule is Cc1ccc(CN2CCC(C(=O)Nc3cccc(C(N)=O)c3)CC2)cc1. The summed E-state index contributed by atoms with van der Waals surface area (Å²) in [6, 6.07) is 15.4. The first-order chi connectivity index (χ1) is 12.5. The van der Waals surface area contributed by atoms with Gasteiger partial charge in [-0.15, -0.1) is 0 Å². The molecule has 3 rings (SSSR count). The summed E-state index contributed by atoms with van der Waals surface area (Å²) in [5, 5.41) is 2.91. The summed E-state index contributed by atoms with van der Waals surface area (Å²) in [6.07, 6.45) is 1.68. The van der Waals surface area contributed by atoms with Gasteiger partial charge in [-0.25, -0.2) is 0 Å². The lowest BCUT2D eigenvalue weighted by atomic mass is 9.95. The van der Waals surface area contributed by atoms with Crippen LogP contribution in [0.4, 0.5) is 5.69 Å². The van der Waals surface area contributed by atoms with Crippen LogP contribution >= 0.6 is 0 Å². The molecule has 136 valence electrons. The molecule has 0 bridgehead atoms. The standard InChI is InChI=1S/C21H25N3O2/c1-15-5-7-16(8-6-15)14-24-11-9-17(10-12-24)21(26)23-19-4-2-3-18(13-19)20(22)25/h2-8,13,17H,9-12,14H2,1H3,(H2,22,25)(H,23,26). The molecule has 0 atom stereocenters. The van der Waals surface area contributed by atoms with E-state index >= 15 is 0 Å². The number of benzene rings is 2. The second kappa shape index (κ2) is 8.15. The monoisotopic (exact) mass is 351 g/mol. The van der Waals surface area contributed by atoms with Crippen molar-refractivity contribution in [2.45, 2.75) is 26.3 Å². The number of aryl methyl sites for hydroxylation is 1. The molecule has 0 aromatic heterocycles. The van der Waals surface area contributed by atoms with Gasteiger partial charge in [0.25, 0.3) is 0 Å². The third-order valence-electron chi connectivity index (χ3n) is 4.90. The number of carbonyl (C=O) groups excluding carboxylic acids is 2. The lowest BCUT2D eigenvalue weighted by Crippen LogP contribution is -2.37. The Morgan fingerprint density at radius 2 is 1.81 bits per heavy atom. The number of amides is 2. The van der Waals surface area contributed by atoms with Crippen LogP contribution in [0.25, 0.3) is 0 Å². The number of rotatable bonds is 5. The molecule has 5 nitrogen and oxygen atoms in total. The van der Waals surface area contributed by atoms with Crippen LogP contribution < -0.4 is 11.1 Å². The minimum absolute atomic E-state index is 0.00139. The highest BCUT2D eigenvalue weighted by Gasteiger charge is 2.25. The molecule has 1 heterocycles. The molecule has 2 amide bonds. The Balaban J connectivity index is 1.51. The zero-order chi connectivity index (χ0) is 18.5. The summed E-state index contributed by atoms with van der Waals surface area (Å²) in [4.78, 5) is 26.1. The van der Waals surface area contributed by atoms with Crippen LogP contribution in [0.5, 0.6) is 0 Å². The van der Waals surface area contributed by atoms with Gasteiger partial charge in [-0.1, -0.05) is 35.9 Å². The number of hydrogen-bond donors (Lipinski definition) is 2. The molecule has 5 heteroatoms. The molecule has 1 fully saturated rings. The lowest BCUT2D eigenvalue weighted by molar-refractivity contribution is -0.121. The van der Waals surface area contributed by atoms with Gasteiger partial charge in [-0.05, 0) is 56.6 Å². The predicted octanol–water partition coefficient (Wildman–Crippen LogP) is 2.94. The molecule has 1 aliphatic heterocycles. The van der Waals surface area contributed by atoms with E-state index in [1.807, 2.05) is 0 Å². The summed E-state index contributed by atoms with van der Waals surface area (Å²) >= 11 is 0. The second-order valence-corrected chi connectivity index (χ2v) is 6.97. The number of nitrogens with two attached hydrogens (primary N) is 1. The van der Waals surface area contributed by atoms with Crippen molar-refractivity contribution in [2.24, 2.45) is 11.7 Å². The summed E-state index contributed by atoms with van der Waals surface area (Å²) in [5.41, 5.74) is 8.88. The first-order valence-corrected chi connectivity index (χ1v) is 9.00. The summed E-state index contributed by atoms with van der Waals surface area (Å²) in [7, 11) is 0. The van der Waals surface area contributed by atoms with Crippen molar-refractivity contribution in [1.82, 2.24) is 4.90 Å². The quantitative estimate of drug-likeness (QED) is 0.870. The Kier molecular flexibility index (Phi) is 5.68. The molecule has 1 aliphatic rings. The zero-order valence-corrected chi connectivity index (χ0v) is 15.1.